The first-order valence-electron chi connectivity index (χ1n) is 10.2. The molecule has 1 heterocycles. The number of methoxy groups -OCH3 is 1. The van der Waals surface area contributed by atoms with Crippen LogP contribution in [0.3, 0.4) is 0 Å². The molecule has 30 heavy (non-hydrogen) atoms. The Morgan fingerprint density at radius 3 is 2.50 bits per heavy atom. The van der Waals surface area contributed by atoms with Gasteiger partial charge in [0, 0.05) is 12.1 Å². The Hall–Kier alpha value is -2.51. The molecule has 1 aromatic carbocycles. The quantitative estimate of drug-likeness (QED) is 0.686. The molecule has 1 fully saturated rings. The molecule has 0 bridgehead atoms. The van der Waals surface area contributed by atoms with Gasteiger partial charge in [0.15, 0.2) is 0 Å². The molecular formula is C22H28F2N2O4. The van der Waals surface area contributed by atoms with Gasteiger partial charge in [0.25, 0.3) is 0 Å². The van der Waals surface area contributed by atoms with E-state index in [4.69, 9.17) is 4.74 Å². The third-order valence-electron chi connectivity index (χ3n) is 6.26. The first kappa shape index (κ1) is 22.2. The highest BCUT2D eigenvalue weighted by atomic mass is 19.1. The lowest BCUT2D eigenvalue weighted by Crippen LogP contribution is -2.44. The number of carbonyl (C=O) groups excluding carboxylic acids is 3. The number of halogens is 2. The molecule has 2 aliphatic rings. The Labute approximate surface area is 174 Å². The number of rotatable bonds is 7. The summed E-state index contributed by atoms with van der Waals surface area (Å²) in [6.07, 6.45) is 1.61. The van der Waals surface area contributed by atoms with Crippen molar-refractivity contribution in [1.29, 1.82) is 0 Å². The van der Waals surface area contributed by atoms with E-state index in [9.17, 15) is 18.8 Å². The third-order valence-corrected chi connectivity index (χ3v) is 6.26. The second-order valence-electron chi connectivity index (χ2n) is 8.87. The summed E-state index contributed by atoms with van der Waals surface area (Å²) in [5.41, 5.74) is -1.09. The highest BCUT2D eigenvalue weighted by Crippen LogP contribution is 2.50. The summed E-state index contributed by atoms with van der Waals surface area (Å²) < 4.78 is 34.8. The number of ether oxygens (including phenoxy) is 1. The fourth-order valence-electron chi connectivity index (χ4n) is 3.93. The van der Waals surface area contributed by atoms with Crippen LogP contribution in [0.1, 0.15) is 57.6 Å². The molecule has 164 valence electrons. The Morgan fingerprint density at radius 1 is 1.30 bits per heavy atom. The second kappa shape index (κ2) is 7.96. The van der Waals surface area contributed by atoms with Crippen LogP contribution in [-0.2, 0) is 24.5 Å². The predicted molar refractivity (Wildman–Crippen MR) is 107 cm³/mol. The summed E-state index contributed by atoms with van der Waals surface area (Å²) in [7, 11) is 1.30. The Kier molecular flexibility index (Phi) is 5.89. The van der Waals surface area contributed by atoms with E-state index in [0.29, 0.717) is 5.56 Å². The molecule has 0 unspecified atom stereocenters. The summed E-state index contributed by atoms with van der Waals surface area (Å²) >= 11 is 0. The lowest BCUT2D eigenvalue weighted by atomic mass is 9.84. The molecule has 2 atom stereocenters. The smallest absolute Gasteiger partial charge is 0.308 e. The van der Waals surface area contributed by atoms with Gasteiger partial charge in [-0.15, -0.1) is 0 Å². The number of amides is 2. The summed E-state index contributed by atoms with van der Waals surface area (Å²) in [5, 5.41) is 2.66. The van der Waals surface area contributed by atoms with Gasteiger partial charge in [0.2, 0.25) is 11.8 Å². The minimum Gasteiger partial charge on any atom is -0.469 e. The number of nitrogens with zero attached hydrogens (tertiary/aromatic N) is 1. The molecule has 1 aromatic rings. The van der Waals surface area contributed by atoms with E-state index >= 15 is 4.39 Å². The topological polar surface area (TPSA) is 75.7 Å². The van der Waals surface area contributed by atoms with Crippen LogP contribution in [0, 0.1) is 23.5 Å². The van der Waals surface area contributed by atoms with Gasteiger partial charge in [-0.25, -0.2) is 8.78 Å². The maximum absolute atomic E-state index is 15.2. The predicted octanol–water partition coefficient (Wildman–Crippen LogP) is 3.03. The summed E-state index contributed by atoms with van der Waals surface area (Å²) in [6.45, 7) is 6.34. The van der Waals surface area contributed by atoms with E-state index in [1.807, 2.05) is 0 Å². The van der Waals surface area contributed by atoms with Crippen molar-refractivity contribution >= 4 is 23.5 Å². The van der Waals surface area contributed by atoms with Crippen LogP contribution in [0.15, 0.2) is 6.07 Å². The zero-order chi connectivity index (χ0) is 22.4. The van der Waals surface area contributed by atoms with Crippen molar-refractivity contribution in [1.82, 2.24) is 5.32 Å². The average Bonchev–Trinajstić information content (AvgIpc) is 3.51. The van der Waals surface area contributed by atoms with Crippen LogP contribution in [-0.4, -0.2) is 38.0 Å². The summed E-state index contributed by atoms with van der Waals surface area (Å²) in [6, 6.07) is 1.16. The van der Waals surface area contributed by atoms with Crippen molar-refractivity contribution in [3.63, 3.8) is 0 Å². The average molecular weight is 422 g/mol. The lowest BCUT2D eigenvalue weighted by molar-refractivity contribution is -0.146. The zero-order valence-electron chi connectivity index (χ0n) is 18.0. The number of nitrogens with one attached hydrogen (secondary N) is 1. The maximum Gasteiger partial charge on any atom is 0.308 e. The molecule has 1 saturated carbocycles. The number of carbonyl (C=O) groups is 3. The lowest BCUT2D eigenvalue weighted by Gasteiger charge is -2.22. The van der Waals surface area contributed by atoms with Crippen molar-refractivity contribution in [2.45, 2.75) is 51.9 Å². The van der Waals surface area contributed by atoms with Crippen molar-refractivity contribution in [3.05, 3.63) is 28.8 Å². The van der Waals surface area contributed by atoms with Gasteiger partial charge >= 0.3 is 5.97 Å². The molecular weight excluding hydrogens is 394 g/mol. The van der Waals surface area contributed by atoms with E-state index in [1.165, 1.54) is 7.11 Å². The first-order valence-corrected chi connectivity index (χ1v) is 10.2. The molecule has 1 N–H and O–H groups in total. The number of esters is 1. The fraction of sp³-hybridized carbons (Fsp3) is 0.591. The largest absolute Gasteiger partial charge is 0.469 e. The highest BCUT2D eigenvalue weighted by molar-refractivity contribution is 6.10. The van der Waals surface area contributed by atoms with Crippen LogP contribution in [0.2, 0.25) is 0 Å². The molecule has 0 radical (unpaired) electrons. The van der Waals surface area contributed by atoms with Gasteiger partial charge in [-0.2, -0.15) is 0 Å². The normalized spacial score (nSPS) is 19.3. The zero-order valence-corrected chi connectivity index (χ0v) is 18.0. The van der Waals surface area contributed by atoms with E-state index < -0.39 is 41.3 Å². The van der Waals surface area contributed by atoms with Crippen LogP contribution in [0.5, 0.6) is 0 Å². The first-order chi connectivity index (χ1) is 14.0. The Bertz CT molecular complexity index is 896. The van der Waals surface area contributed by atoms with Crippen LogP contribution < -0.4 is 10.2 Å². The van der Waals surface area contributed by atoms with Crippen molar-refractivity contribution < 1.29 is 27.9 Å². The number of hydrogen-bond acceptors (Lipinski definition) is 4. The standard InChI is InChI=1S/C22H28F2N2O4/c1-11(12(2)20(28)30-5)9-25-16(27)10-26-19-15(23)8-14(13-6-7-13)18(24)17(19)22(3,4)21(26)29/h8,11-13H,6-7,9-10H2,1-5H3,(H,25,27)/t11-,12-/m1/s1. The molecule has 6 nitrogen and oxygen atoms in total. The Morgan fingerprint density at radius 2 is 1.93 bits per heavy atom. The van der Waals surface area contributed by atoms with Gasteiger partial charge in [-0.05, 0) is 50.2 Å². The van der Waals surface area contributed by atoms with Gasteiger partial charge < -0.3 is 10.1 Å². The second-order valence-corrected chi connectivity index (χ2v) is 8.87. The van der Waals surface area contributed by atoms with E-state index in [2.05, 4.69) is 5.32 Å². The molecule has 8 heteroatoms. The number of anilines is 1. The monoisotopic (exact) mass is 422 g/mol. The van der Waals surface area contributed by atoms with E-state index in [-0.39, 0.29) is 35.6 Å². The van der Waals surface area contributed by atoms with Crippen molar-refractivity contribution in [2.24, 2.45) is 11.8 Å². The number of fused-ring (bicyclic) bond motifs is 1. The SMILES string of the molecule is COC(=O)[C@H](C)[C@H](C)CNC(=O)CN1C(=O)C(C)(C)c2c(F)c(C3CC3)cc(F)c21. The van der Waals surface area contributed by atoms with Crippen LogP contribution in [0.25, 0.3) is 0 Å². The minimum absolute atomic E-state index is 0.00802. The van der Waals surface area contributed by atoms with Crippen molar-refractivity contribution in [2.75, 3.05) is 25.1 Å². The maximum atomic E-state index is 15.2. The van der Waals surface area contributed by atoms with Gasteiger partial charge in [-0.1, -0.05) is 13.8 Å². The van der Waals surface area contributed by atoms with E-state index in [0.717, 1.165) is 23.8 Å². The molecule has 3 rings (SSSR count). The van der Waals surface area contributed by atoms with Gasteiger partial charge in [0.05, 0.1) is 24.1 Å². The molecule has 0 saturated heterocycles. The number of hydrogen-bond donors (Lipinski definition) is 1. The minimum atomic E-state index is -1.27. The van der Waals surface area contributed by atoms with Crippen LogP contribution >= 0.6 is 0 Å². The summed E-state index contributed by atoms with van der Waals surface area (Å²) in [4.78, 5) is 38.1. The molecule has 0 aromatic heterocycles. The molecule has 1 aliphatic carbocycles. The van der Waals surface area contributed by atoms with Gasteiger partial charge in [-0.3, -0.25) is 19.3 Å². The molecule has 1 aliphatic heterocycles. The molecule has 0 spiro atoms. The van der Waals surface area contributed by atoms with E-state index in [1.54, 1.807) is 27.7 Å². The highest BCUT2D eigenvalue weighted by Gasteiger charge is 2.49. The Balaban J connectivity index is 1.78. The number of benzene rings is 1. The van der Waals surface area contributed by atoms with Gasteiger partial charge in [0.1, 0.15) is 18.2 Å². The van der Waals surface area contributed by atoms with Crippen molar-refractivity contribution in [3.8, 4) is 0 Å². The summed E-state index contributed by atoms with van der Waals surface area (Å²) in [5.74, 6) is -3.28. The molecule has 2 amide bonds. The fourth-order valence-corrected chi connectivity index (χ4v) is 3.93. The third kappa shape index (κ3) is 3.79. The van der Waals surface area contributed by atoms with Crippen LogP contribution in [0.4, 0.5) is 14.5 Å².